The number of sulfonamides is 1. The largest absolute Gasteiger partial charge is 0.480 e. The van der Waals surface area contributed by atoms with E-state index in [2.05, 4.69) is 4.72 Å². The molecule has 1 unspecified atom stereocenters. The van der Waals surface area contributed by atoms with Gasteiger partial charge in [-0.2, -0.15) is 4.72 Å². The Labute approximate surface area is 119 Å². The maximum Gasteiger partial charge on any atom is 0.323 e. The molecule has 0 spiro atoms. The maximum atomic E-state index is 12.4. The Hall–Kier alpha value is -1.44. The highest BCUT2D eigenvalue weighted by atomic mass is 32.2. The molecule has 0 aromatic heterocycles. The van der Waals surface area contributed by atoms with Gasteiger partial charge in [0.05, 0.1) is 4.90 Å². The summed E-state index contributed by atoms with van der Waals surface area (Å²) in [7, 11) is -3.93. The van der Waals surface area contributed by atoms with Crippen LogP contribution in [0, 0.1) is 27.7 Å². The number of hydrogen-bond acceptors (Lipinski definition) is 4. The number of aliphatic carboxylic acids is 1. The van der Waals surface area contributed by atoms with Crippen molar-refractivity contribution >= 4 is 16.0 Å². The Balaban J connectivity index is 3.40. The van der Waals surface area contributed by atoms with Gasteiger partial charge in [-0.3, -0.25) is 4.79 Å². The second kappa shape index (κ2) is 5.90. The Kier molecular flexibility index (Phi) is 4.90. The molecule has 20 heavy (non-hydrogen) atoms. The van der Waals surface area contributed by atoms with Crippen molar-refractivity contribution < 1.29 is 18.3 Å². The van der Waals surface area contributed by atoms with Gasteiger partial charge in [0.1, 0.15) is 6.04 Å². The first-order valence-corrected chi connectivity index (χ1v) is 7.62. The lowest BCUT2D eigenvalue weighted by molar-refractivity contribution is -0.138. The van der Waals surface area contributed by atoms with Gasteiger partial charge in [0.2, 0.25) is 10.0 Å². The van der Waals surface area contributed by atoms with Gasteiger partial charge < -0.3 is 10.8 Å². The van der Waals surface area contributed by atoms with Gasteiger partial charge >= 0.3 is 5.97 Å². The summed E-state index contributed by atoms with van der Waals surface area (Å²) in [5, 5.41) is 8.92. The Morgan fingerprint density at radius 3 is 2.05 bits per heavy atom. The zero-order valence-electron chi connectivity index (χ0n) is 12.0. The number of benzene rings is 1. The van der Waals surface area contributed by atoms with Crippen LogP contribution in [0.4, 0.5) is 0 Å². The third-order valence-electron chi connectivity index (χ3n) is 3.40. The van der Waals surface area contributed by atoms with Crippen molar-refractivity contribution in [1.29, 1.82) is 0 Å². The maximum absolute atomic E-state index is 12.4. The third kappa shape index (κ3) is 3.17. The minimum absolute atomic E-state index is 0.134. The molecule has 112 valence electrons. The van der Waals surface area contributed by atoms with E-state index < -0.39 is 22.0 Å². The van der Waals surface area contributed by atoms with E-state index in [4.69, 9.17) is 10.8 Å². The minimum Gasteiger partial charge on any atom is -0.480 e. The molecule has 1 rings (SSSR count). The molecular formula is C13H20N2O4S. The van der Waals surface area contributed by atoms with E-state index in [1.165, 1.54) is 0 Å². The van der Waals surface area contributed by atoms with E-state index >= 15 is 0 Å². The number of aryl methyl sites for hydroxylation is 2. The first-order valence-electron chi connectivity index (χ1n) is 6.14. The molecule has 0 aliphatic heterocycles. The molecule has 1 atom stereocenters. The quantitative estimate of drug-likeness (QED) is 0.738. The molecule has 0 amide bonds. The van der Waals surface area contributed by atoms with Gasteiger partial charge in [-0.15, -0.1) is 0 Å². The molecule has 1 aromatic carbocycles. The highest BCUT2D eigenvalue weighted by Gasteiger charge is 2.27. The summed E-state index contributed by atoms with van der Waals surface area (Å²) in [6, 6.07) is 0.570. The zero-order chi connectivity index (χ0) is 15.7. The van der Waals surface area contributed by atoms with Gasteiger partial charge in [-0.1, -0.05) is 6.07 Å². The van der Waals surface area contributed by atoms with E-state index in [0.717, 1.165) is 11.1 Å². The molecule has 0 aliphatic carbocycles. The predicted molar refractivity (Wildman–Crippen MR) is 76.2 cm³/mol. The van der Waals surface area contributed by atoms with Crippen molar-refractivity contribution in [2.45, 2.75) is 38.6 Å². The van der Waals surface area contributed by atoms with Gasteiger partial charge in [-0.25, -0.2) is 8.42 Å². The van der Waals surface area contributed by atoms with E-state index in [1.807, 2.05) is 19.9 Å². The molecule has 7 heteroatoms. The molecule has 0 fully saturated rings. The van der Waals surface area contributed by atoms with Crippen LogP contribution < -0.4 is 10.5 Å². The number of nitrogens with two attached hydrogens (primary N) is 1. The summed E-state index contributed by atoms with van der Waals surface area (Å²) < 4.78 is 27.0. The lowest BCUT2D eigenvalue weighted by Crippen LogP contribution is -2.46. The van der Waals surface area contributed by atoms with Crippen LogP contribution in [-0.2, 0) is 14.8 Å². The molecule has 0 saturated heterocycles. The van der Waals surface area contributed by atoms with Crippen LogP contribution in [0.2, 0.25) is 0 Å². The average molecular weight is 300 g/mol. The van der Waals surface area contributed by atoms with E-state index in [9.17, 15) is 13.2 Å². The van der Waals surface area contributed by atoms with Gasteiger partial charge in [0.15, 0.2) is 0 Å². The standard InChI is InChI=1S/C13H20N2O4S/c1-7-5-8(2)10(4)12(9(7)3)20(18,19)15-11(6-14)13(16)17/h5,11,15H,6,14H2,1-4H3,(H,16,17). The second-order valence-corrected chi connectivity index (χ2v) is 6.49. The van der Waals surface area contributed by atoms with Crippen LogP contribution in [0.3, 0.4) is 0 Å². The van der Waals surface area contributed by atoms with Crippen LogP contribution >= 0.6 is 0 Å². The van der Waals surface area contributed by atoms with Crippen molar-refractivity contribution in [3.63, 3.8) is 0 Å². The normalized spacial score (nSPS) is 13.2. The molecule has 0 bridgehead atoms. The summed E-state index contributed by atoms with van der Waals surface area (Å²) >= 11 is 0. The molecule has 0 heterocycles. The number of carboxylic acids is 1. The van der Waals surface area contributed by atoms with Crippen molar-refractivity contribution in [2.75, 3.05) is 6.54 Å². The first-order chi connectivity index (χ1) is 9.11. The first kappa shape index (κ1) is 16.6. The summed E-state index contributed by atoms with van der Waals surface area (Å²) in [6.07, 6.45) is 0. The lowest BCUT2D eigenvalue weighted by Gasteiger charge is -2.18. The molecular weight excluding hydrogens is 280 g/mol. The van der Waals surface area contributed by atoms with Crippen LogP contribution in [0.15, 0.2) is 11.0 Å². The van der Waals surface area contributed by atoms with Crippen LogP contribution in [0.5, 0.6) is 0 Å². The summed E-state index contributed by atoms with van der Waals surface area (Å²) in [5.74, 6) is -1.30. The highest BCUT2D eigenvalue weighted by molar-refractivity contribution is 7.89. The number of carbonyl (C=O) groups is 1. The van der Waals surface area contributed by atoms with E-state index in [-0.39, 0.29) is 11.4 Å². The molecule has 0 saturated carbocycles. The number of hydrogen-bond donors (Lipinski definition) is 3. The number of rotatable bonds is 5. The Morgan fingerprint density at radius 2 is 1.70 bits per heavy atom. The summed E-state index contributed by atoms with van der Waals surface area (Å²) in [4.78, 5) is 11.1. The summed E-state index contributed by atoms with van der Waals surface area (Å²) in [6.45, 7) is 6.73. The fourth-order valence-corrected chi connectivity index (χ4v) is 3.85. The third-order valence-corrected chi connectivity index (χ3v) is 5.14. The molecule has 4 N–H and O–H groups in total. The van der Waals surface area contributed by atoms with Gasteiger partial charge in [-0.05, 0) is 49.9 Å². The van der Waals surface area contributed by atoms with E-state index in [1.54, 1.807) is 13.8 Å². The van der Waals surface area contributed by atoms with E-state index in [0.29, 0.717) is 11.1 Å². The second-order valence-electron chi connectivity index (χ2n) is 4.84. The molecule has 1 aromatic rings. The Morgan fingerprint density at radius 1 is 1.25 bits per heavy atom. The van der Waals surface area contributed by atoms with Crippen LogP contribution in [-0.4, -0.2) is 32.1 Å². The molecule has 0 aliphatic rings. The average Bonchev–Trinajstić information content (AvgIpc) is 2.33. The van der Waals surface area contributed by atoms with Gasteiger partial charge in [0, 0.05) is 6.54 Å². The molecule has 6 nitrogen and oxygen atoms in total. The monoisotopic (exact) mass is 300 g/mol. The van der Waals surface area contributed by atoms with Crippen LogP contribution in [0.25, 0.3) is 0 Å². The van der Waals surface area contributed by atoms with Crippen LogP contribution in [0.1, 0.15) is 22.3 Å². The highest BCUT2D eigenvalue weighted by Crippen LogP contribution is 2.26. The Bertz CT molecular complexity index is 612. The summed E-state index contributed by atoms with van der Waals surface area (Å²) in [5.41, 5.74) is 8.19. The topological polar surface area (TPSA) is 109 Å². The number of nitrogens with one attached hydrogen (secondary N) is 1. The van der Waals surface area contributed by atoms with Crippen molar-refractivity contribution in [3.05, 3.63) is 28.3 Å². The zero-order valence-corrected chi connectivity index (χ0v) is 12.8. The minimum atomic E-state index is -3.93. The number of carboxylic acid groups (broad SMARTS) is 1. The smallest absolute Gasteiger partial charge is 0.323 e. The van der Waals surface area contributed by atoms with Crippen molar-refractivity contribution in [3.8, 4) is 0 Å². The lowest BCUT2D eigenvalue weighted by atomic mass is 10.0. The van der Waals surface area contributed by atoms with Crippen molar-refractivity contribution in [1.82, 2.24) is 4.72 Å². The predicted octanol–water partition coefficient (Wildman–Crippen LogP) is 0.610. The fraction of sp³-hybridized carbons (Fsp3) is 0.462. The molecule has 0 radical (unpaired) electrons. The van der Waals surface area contributed by atoms with Gasteiger partial charge in [0.25, 0.3) is 0 Å². The fourth-order valence-electron chi connectivity index (χ4n) is 2.03. The van der Waals surface area contributed by atoms with Crippen molar-refractivity contribution in [2.24, 2.45) is 5.73 Å². The SMILES string of the molecule is Cc1cc(C)c(C)c(S(=O)(=O)NC(CN)C(=O)O)c1C.